The van der Waals surface area contributed by atoms with Crippen molar-refractivity contribution in [2.24, 2.45) is 0 Å². The number of nitrogens with one attached hydrogen (secondary N) is 1. The van der Waals surface area contributed by atoms with E-state index in [1.165, 1.54) is 10.4 Å². The number of fused-ring (bicyclic) bond motifs is 1. The number of nitrogens with zero attached hydrogens (tertiary/aromatic N) is 1. The Morgan fingerprint density at radius 1 is 1.06 bits per heavy atom. The van der Waals surface area contributed by atoms with E-state index in [0.717, 1.165) is 35.6 Å². The third-order valence-corrected chi connectivity index (χ3v) is 7.04. The lowest BCUT2D eigenvalue weighted by atomic mass is 9.91. The molecule has 174 valence electrons. The van der Waals surface area contributed by atoms with Gasteiger partial charge in [-0.2, -0.15) is 0 Å². The Hall–Kier alpha value is -3.03. The third kappa shape index (κ3) is 4.84. The minimum absolute atomic E-state index is 0.0131. The van der Waals surface area contributed by atoms with Crippen LogP contribution in [0.15, 0.2) is 53.9 Å². The molecule has 2 heterocycles. The van der Waals surface area contributed by atoms with Crippen molar-refractivity contribution in [2.45, 2.75) is 25.4 Å². The number of carbonyl (C=O) groups is 1. The van der Waals surface area contributed by atoms with Crippen molar-refractivity contribution in [1.29, 1.82) is 0 Å². The van der Waals surface area contributed by atoms with Crippen LogP contribution in [-0.2, 0) is 11.2 Å². The summed E-state index contributed by atoms with van der Waals surface area (Å²) in [5, 5.41) is 5.22. The molecule has 3 aromatic rings. The maximum atomic E-state index is 13.1. The molecule has 0 saturated carbocycles. The lowest BCUT2D eigenvalue weighted by Gasteiger charge is -2.37. The second-order valence-electron chi connectivity index (χ2n) is 8.08. The summed E-state index contributed by atoms with van der Waals surface area (Å²) in [6.07, 6.45) is 0.840. The van der Waals surface area contributed by atoms with Gasteiger partial charge in [0.05, 0.1) is 40.0 Å². The molecule has 4 rings (SSSR count). The Morgan fingerprint density at radius 2 is 1.79 bits per heavy atom. The van der Waals surface area contributed by atoms with Crippen LogP contribution < -0.4 is 19.5 Å². The highest BCUT2D eigenvalue weighted by Gasteiger charge is 2.32. The lowest BCUT2D eigenvalue weighted by molar-refractivity contribution is -0.123. The first-order valence-electron chi connectivity index (χ1n) is 11.0. The fourth-order valence-corrected chi connectivity index (χ4v) is 5.40. The normalized spacial score (nSPS) is 16.5. The number of hydrogen-bond donors (Lipinski definition) is 1. The van der Waals surface area contributed by atoms with Crippen molar-refractivity contribution in [1.82, 2.24) is 10.2 Å². The van der Waals surface area contributed by atoms with Crippen molar-refractivity contribution >= 4 is 17.2 Å². The summed E-state index contributed by atoms with van der Waals surface area (Å²) in [7, 11) is 4.95. The van der Waals surface area contributed by atoms with Gasteiger partial charge < -0.3 is 19.5 Å². The zero-order chi connectivity index (χ0) is 23.4. The van der Waals surface area contributed by atoms with E-state index < -0.39 is 0 Å². The smallest absolute Gasteiger partial charge is 0.234 e. The molecule has 0 spiro atoms. The molecule has 0 bridgehead atoms. The van der Waals surface area contributed by atoms with Crippen LogP contribution in [0, 0.1) is 0 Å². The molecule has 2 atom stereocenters. The SMILES string of the molecule is COc1cc2c(cc1OC)[C@H](c1cccs1)N(CC(=O)N[C@@H](C)c1ccccc1OC)CC2. The van der Waals surface area contributed by atoms with Gasteiger partial charge in [0.1, 0.15) is 5.75 Å². The van der Waals surface area contributed by atoms with Gasteiger partial charge in [-0.3, -0.25) is 9.69 Å². The molecule has 1 aliphatic heterocycles. The quantitative estimate of drug-likeness (QED) is 0.526. The summed E-state index contributed by atoms with van der Waals surface area (Å²) in [6.45, 7) is 3.06. The highest BCUT2D eigenvalue weighted by atomic mass is 32.1. The van der Waals surface area contributed by atoms with Crippen LogP contribution in [0.2, 0.25) is 0 Å². The van der Waals surface area contributed by atoms with Crippen LogP contribution in [0.1, 0.15) is 40.6 Å². The van der Waals surface area contributed by atoms with Crippen LogP contribution in [-0.4, -0.2) is 45.2 Å². The molecule has 0 unspecified atom stereocenters. The predicted molar refractivity (Wildman–Crippen MR) is 131 cm³/mol. The van der Waals surface area contributed by atoms with Gasteiger partial charge in [0.2, 0.25) is 5.91 Å². The standard InChI is InChI=1S/C26H30N2O4S/c1-17(19-8-5-6-9-21(19)30-2)27-25(29)16-28-12-11-18-14-22(31-3)23(32-4)15-20(18)26(28)24-10-7-13-33-24/h5-10,13-15,17,26H,11-12,16H2,1-4H3,(H,27,29)/t17-,26+/m0/s1. The maximum Gasteiger partial charge on any atom is 0.234 e. The van der Waals surface area contributed by atoms with E-state index in [4.69, 9.17) is 14.2 Å². The van der Waals surface area contributed by atoms with Crippen molar-refractivity contribution < 1.29 is 19.0 Å². The van der Waals surface area contributed by atoms with E-state index in [-0.39, 0.29) is 18.0 Å². The molecular formula is C26H30N2O4S. The predicted octanol–water partition coefficient (Wildman–Crippen LogP) is 4.60. The second-order valence-corrected chi connectivity index (χ2v) is 9.05. The Balaban J connectivity index is 1.58. The Morgan fingerprint density at radius 3 is 2.48 bits per heavy atom. The lowest BCUT2D eigenvalue weighted by Crippen LogP contribution is -2.43. The summed E-state index contributed by atoms with van der Waals surface area (Å²) in [4.78, 5) is 16.6. The first-order valence-corrected chi connectivity index (χ1v) is 11.9. The van der Waals surface area contributed by atoms with Crippen LogP contribution in [0.5, 0.6) is 17.2 Å². The molecule has 1 aliphatic rings. The zero-order valence-corrected chi connectivity index (χ0v) is 20.3. The second kappa shape index (κ2) is 10.3. The van der Waals surface area contributed by atoms with Gasteiger partial charge in [0, 0.05) is 17.0 Å². The average Bonchev–Trinajstić information content (AvgIpc) is 3.37. The molecule has 7 heteroatoms. The van der Waals surface area contributed by atoms with E-state index in [2.05, 4.69) is 39.9 Å². The first kappa shape index (κ1) is 23.1. The van der Waals surface area contributed by atoms with E-state index in [1.807, 2.05) is 31.2 Å². The van der Waals surface area contributed by atoms with Crippen molar-refractivity contribution in [2.75, 3.05) is 34.4 Å². The minimum Gasteiger partial charge on any atom is -0.496 e. The summed E-state index contributed by atoms with van der Waals surface area (Å²) in [6, 6.07) is 15.9. The molecule has 0 saturated heterocycles. The molecule has 0 fully saturated rings. The van der Waals surface area contributed by atoms with E-state index in [9.17, 15) is 4.79 Å². The average molecular weight is 467 g/mol. The molecule has 6 nitrogen and oxygen atoms in total. The van der Waals surface area contributed by atoms with Crippen molar-refractivity contribution in [3.8, 4) is 17.2 Å². The Bertz CT molecular complexity index is 1100. The summed E-state index contributed by atoms with van der Waals surface area (Å²) in [5.74, 6) is 2.19. The molecule has 2 aromatic carbocycles. The topological polar surface area (TPSA) is 60.0 Å². The molecule has 0 radical (unpaired) electrons. The number of ether oxygens (including phenoxy) is 3. The summed E-state index contributed by atoms with van der Waals surface area (Å²) < 4.78 is 16.6. The Labute approximate surface area is 199 Å². The van der Waals surface area contributed by atoms with Crippen LogP contribution >= 0.6 is 11.3 Å². The molecular weight excluding hydrogens is 436 g/mol. The number of methoxy groups -OCH3 is 3. The van der Waals surface area contributed by atoms with Gasteiger partial charge >= 0.3 is 0 Å². The van der Waals surface area contributed by atoms with Crippen molar-refractivity contribution in [3.05, 3.63) is 75.5 Å². The number of thiophene rings is 1. The van der Waals surface area contributed by atoms with Crippen LogP contribution in [0.4, 0.5) is 0 Å². The molecule has 33 heavy (non-hydrogen) atoms. The fourth-order valence-electron chi connectivity index (χ4n) is 4.52. The number of hydrogen-bond acceptors (Lipinski definition) is 6. The number of benzene rings is 2. The molecule has 1 aromatic heterocycles. The van der Waals surface area contributed by atoms with Gasteiger partial charge in [0.15, 0.2) is 11.5 Å². The van der Waals surface area contributed by atoms with Crippen LogP contribution in [0.25, 0.3) is 0 Å². The monoisotopic (exact) mass is 466 g/mol. The summed E-state index contributed by atoms with van der Waals surface area (Å²) >= 11 is 1.70. The number of para-hydroxylation sites is 1. The maximum absolute atomic E-state index is 13.1. The van der Waals surface area contributed by atoms with E-state index in [0.29, 0.717) is 12.3 Å². The molecule has 0 aliphatic carbocycles. The van der Waals surface area contributed by atoms with Gasteiger partial charge in [-0.05, 0) is 54.1 Å². The summed E-state index contributed by atoms with van der Waals surface area (Å²) in [5.41, 5.74) is 3.35. The van der Waals surface area contributed by atoms with Gasteiger partial charge in [-0.1, -0.05) is 24.3 Å². The number of rotatable bonds is 8. The number of carbonyl (C=O) groups excluding carboxylic acids is 1. The highest BCUT2D eigenvalue weighted by molar-refractivity contribution is 7.10. The third-order valence-electron chi connectivity index (χ3n) is 6.12. The first-order chi connectivity index (χ1) is 16.0. The van der Waals surface area contributed by atoms with Gasteiger partial charge in [-0.25, -0.2) is 0 Å². The fraction of sp³-hybridized carbons (Fsp3) is 0.346. The van der Waals surface area contributed by atoms with Gasteiger partial charge in [-0.15, -0.1) is 11.3 Å². The van der Waals surface area contributed by atoms with E-state index in [1.54, 1.807) is 32.7 Å². The van der Waals surface area contributed by atoms with Crippen LogP contribution in [0.3, 0.4) is 0 Å². The highest BCUT2D eigenvalue weighted by Crippen LogP contribution is 2.42. The van der Waals surface area contributed by atoms with Crippen molar-refractivity contribution in [3.63, 3.8) is 0 Å². The Kier molecular flexibility index (Phi) is 7.20. The molecule has 1 amide bonds. The molecule has 1 N–H and O–H groups in total. The minimum atomic E-state index is -0.157. The van der Waals surface area contributed by atoms with E-state index >= 15 is 0 Å². The van der Waals surface area contributed by atoms with Gasteiger partial charge in [0.25, 0.3) is 0 Å². The number of amides is 1. The zero-order valence-electron chi connectivity index (χ0n) is 19.5. The largest absolute Gasteiger partial charge is 0.496 e.